The average molecular weight is 1120 g/mol. The van der Waals surface area contributed by atoms with E-state index in [1.165, 1.54) is 38.5 Å². The number of ether oxygens (including phenoxy) is 3. The molecule has 0 radical (unpaired) electrons. The summed E-state index contributed by atoms with van der Waals surface area (Å²) in [7, 11) is 0. The van der Waals surface area contributed by atoms with Crippen molar-refractivity contribution in [3.63, 3.8) is 0 Å². The minimum atomic E-state index is -0.810. The van der Waals surface area contributed by atoms with Gasteiger partial charge in [0.2, 0.25) is 0 Å². The minimum Gasteiger partial charge on any atom is -0.462 e. The van der Waals surface area contributed by atoms with Crippen molar-refractivity contribution in [2.75, 3.05) is 13.2 Å². The van der Waals surface area contributed by atoms with Crippen molar-refractivity contribution in [1.29, 1.82) is 0 Å². The fraction of sp³-hybridized carbons (Fsp3) is 0.587. The second kappa shape index (κ2) is 67.3. The maximum absolute atomic E-state index is 12.9. The van der Waals surface area contributed by atoms with Gasteiger partial charge in [-0.2, -0.15) is 0 Å². The highest BCUT2D eigenvalue weighted by Gasteiger charge is 2.19. The molecule has 0 saturated carbocycles. The molecule has 0 aliphatic heterocycles. The van der Waals surface area contributed by atoms with Gasteiger partial charge in [-0.25, -0.2) is 0 Å². The summed E-state index contributed by atoms with van der Waals surface area (Å²) in [5, 5.41) is 0. The Hall–Kier alpha value is -5.23. The first-order chi connectivity index (χ1) is 40.0. The molecular weight excluding hydrogens is 997 g/mol. The van der Waals surface area contributed by atoms with Crippen LogP contribution in [0.1, 0.15) is 265 Å². The fourth-order valence-corrected chi connectivity index (χ4v) is 8.36. The molecule has 0 fully saturated rings. The predicted molar refractivity (Wildman–Crippen MR) is 352 cm³/mol. The van der Waals surface area contributed by atoms with E-state index in [-0.39, 0.29) is 31.1 Å². The molecule has 0 bridgehead atoms. The van der Waals surface area contributed by atoms with E-state index in [4.69, 9.17) is 14.2 Å². The maximum Gasteiger partial charge on any atom is 0.306 e. The van der Waals surface area contributed by atoms with Crippen molar-refractivity contribution in [1.82, 2.24) is 0 Å². The minimum absolute atomic E-state index is 0.104. The number of hydrogen-bond donors (Lipinski definition) is 0. The monoisotopic (exact) mass is 1110 g/mol. The zero-order valence-electron chi connectivity index (χ0n) is 52.0. The van der Waals surface area contributed by atoms with Gasteiger partial charge in [0.15, 0.2) is 6.10 Å². The predicted octanol–water partition coefficient (Wildman–Crippen LogP) is 22.7. The van der Waals surface area contributed by atoms with E-state index in [0.29, 0.717) is 19.3 Å². The van der Waals surface area contributed by atoms with Gasteiger partial charge in [0, 0.05) is 19.3 Å². The number of carbonyl (C=O) groups excluding carboxylic acids is 3. The topological polar surface area (TPSA) is 78.9 Å². The Morgan fingerprint density at radius 2 is 0.481 bits per heavy atom. The van der Waals surface area contributed by atoms with E-state index in [0.717, 1.165) is 186 Å². The highest BCUT2D eigenvalue weighted by Crippen LogP contribution is 2.14. The zero-order chi connectivity index (χ0) is 58.5. The molecule has 1 atom stereocenters. The molecule has 0 aromatic carbocycles. The highest BCUT2D eigenvalue weighted by molar-refractivity contribution is 5.71. The Kier molecular flexibility index (Phi) is 62.9. The maximum atomic E-state index is 12.9. The van der Waals surface area contributed by atoms with E-state index in [1.807, 2.05) is 0 Å². The third kappa shape index (κ3) is 65.5. The van der Waals surface area contributed by atoms with Crippen molar-refractivity contribution in [2.24, 2.45) is 0 Å². The van der Waals surface area contributed by atoms with E-state index < -0.39 is 6.10 Å². The van der Waals surface area contributed by atoms with Crippen molar-refractivity contribution >= 4 is 17.9 Å². The Balaban J connectivity index is 4.35. The first-order valence-electron chi connectivity index (χ1n) is 32.6. The summed E-state index contributed by atoms with van der Waals surface area (Å²) in [6.45, 7) is 6.35. The summed E-state index contributed by atoms with van der Waals surface area (Å²) in [6.07, 6.45) is 99.4. The molecular formula is C75H118O6. The Morgan fingerprint density at radius 1 is 0.259 bits per heavy atom. The Bertz CT molecular complexity index is 1860. The van der Waals surface area contributed by atoms with E-state index >= 15 is 0 Å². The van der Waals surface area contributed by atoms with Crippen LogP contribution < -0.4 is 0 Å². The number of allylic oxidation sites excluding steroid dienone is 28. The number of hydrogen-bond acceptors (Lipinski definition) is 6. The summed E-state index contributed by atoms with van der Waals surface area (Å²) >= 11 is 0. The van der Waals surface area contributed by atoms with E-state index in [9.17, 15) is 14.4 Å². The Labute approximate surface area is 498 Å². The molecule has 6 nitrogen and oxygen atoms in total. The first kappa shape index (κ1) is 75.8. The first-order valence-corrected chi connectivity index (χ1v) is 32.6. The standard InChI is InChI=1S/C75H118O6/c1-4-7-10-13-16-19-22-25-27-28-29-30-31-32-33-34-35-36-37-38-39-40-41-42-43-44-45-46-48-50-53-56-59-62-65-68-74(77)80-71-72(70-79-73(76)67-64-61-58-55-52-49-24-21-18-15-12-9-6-3)81-75(78)69-66-63-60-57-54-51-47-26-23-20-17-14-11-8-5-2/h7-8,10-11,16-17,19-21,24-27,29-30,32-33,35-36,38-39,41-42,44-45,47-48,50,72H,4-6,9,12-15,18,22-23,28,31,34,37,40,43,46,49,51-71H2,1-3H3/b10-7-,11-8-,19-16-,20-17-,24-21-,27-25-,30-29-,33-32-,36-35-,39-38-,42-41-,45-44-,47-26-,50-48-. The van der Waals surface area contributed by atoms with Crippen molar-refractivity contribution in [3.05, 3.63) is 170 Å². The van der Waals surface area contributed by atoms with Gasteiger partial charge < -0.3 is 14.2 Å². The molecule has 454 valence electrons. The molecule has 0 aliphatic rings. The van der Waals surface area contributed by atoms with Gasteiger partial charge in [0.05, 0.1) is 0 Å². The number of unbranched alkanes of at least 4 members (excludes halogenated alkanes) is 18. The third-order valence-corrected chi connectivity index (χ3v) is 13.2. The molecule has 81 heavy (non-hydrogen) atoms. The number of carbonyl (C=O) groups is 3. The van der Waals surface area contributed by atoms with Crippen molar-refractivity contribution in [3.8, 4) is 0 Å². The summed E-state index contributed by atoms with van der Waals surface area (Å²) < 4.78 is 16.9. The lowest BCUT2D eigenvalue weighted by Crippen LogP contribution is -2.30. The van der Waals surface area contributed by atoms with Gasteiger partial charge in [-0.1, -0.05) is 262 Å². The number of rotatable bonds is 57. The van der Waals surface area contributed by atoms with Gasteiger partial charge in [-0.05, 0) is 154 Å². The lowest BCUT2D eigenvalue weighted by atomic mass is 10.1. The molecule has 0 spiro atoms. The van der Waals surface area contributed by atoms with Gasteiger partial charge in [0.1, 0.15) is 13.2 Å². The summed E-state index contributed by atoms with van der Waals surface area (Å²) in [4.78, 5) is 38.2. The van der Waals surface area contributed by atoms with Gasteiger partial charge in [-0.3, -0.25) is 14.4 Å². The molecule has 0 aromatic rings. The van der Waals surface area contributed by atoms with Crippen LogP contribution >= 0.6 is 0 Å². The van der Waals surface area contributed by atoms with Crippen LogP contribution in [0.4, 0.5) is 0 Å². The van der Waals surface area contributed by atoms with Crippen LogP contribution in [-0.2, 0) is 28.6 Å². The van der Waals surface area contributed by atoms with Crippen LogP contribution in [-0.4, -0.2) is 37.2 Å². The third-order valence-electron chi connectivity index (χ3n) is 13.2. The molecule has 0 amide bonds. The van der Waals surface area contributed by atoms with E-state index in [2.05, 4.69) is 191 Å². The Morgan fingerprint density at radius 3 is 0.765 bits per heavy atom. The molecule has 0 rings (SSSR count). The molecule has 6 heteroatoms. The molecule has 1 unspecified atom stereocenters. The lowest BCUT2D eigenvalue weighted by Gasteiger charge is -2.18. The van der Waals surface area contributed by atoms with Gasteiger partial charge in [0.25, 0.3) is 0 Å². The van der Waals surface area contributed by atoms with Gasteiger partial charge >= 0.3 is 17.9 Å². The largest absolute Gasteiger partial charge is 0.462 e. The van der Waals surface area contributed by atoms with Crippen LogP contribution in [0.15, 0.2) is 170 Å². The summed E-state index contributed by atoms with van der Waals surface area (Å²) in [5.74, 6) is -0.960. The van der Waals surface area contributed by atoms with Crippen LogP contribution in [0.5, 0.6) is 0 Å². The van der Waals surface area contributed by atoms with Crippen molar-refractivity contribution in [2.45, 2.75) is 271 Å². The normalized spacial score (nSPS) is 13.3. The zero-order valence-corrected chi connectivity index (χ0v) is 52.0. The quantitative estimate of drug-likeness (QED) is 0.0261. The van der Waals surface area contributed by atoms with Crippen molar-refractivity contribution < 1.29 is 28.6 Å². The van der Waals surface area contributed by atoms with Crippen LogP contribution in [0, 0.1) is 0 Å². The molecule has 0 aliphatic carbocycles. The summed E-state index contributed by atoms with van der Waals surface area (Å²) in [6, 6.07) is 0. The second-order valence-electron chi connectivity index (χ2n) is 20.9. The van der Waals surface area contributed by atoms with Gasteiger partial charge in [-0.15, -0.1) is 0 Å². The fourth-order valence-electron chi connectivity index (χ4n) is 8.36. The smallest absolute Gasteiger partial charge is 0.306 e. The SMILES string of the molecule is CC/C=C\C/C=C\C/C=C\C/C=C\C/C=C\C/C=C\C/C=C\C/C=C\C/C=C\C/C=C\CCCCCCC(=O)OCC(COC(=O)CCCCCCC/C=C\CCCCCC)OC(=O)CCCCCCC/C=C\C/C=C\C/C=C\CC. The number of esters is 3. The van der Waals surface area contributed by atoms with Crippen LogP contribution in [0.2, 0.25) is 0 Å². The van der Waals surface area contributed by atoms with Crippen LogP contribution in [0.25, 0.3) is 0 Å². The summed E-state index contributed by atoms with van der Waals surface area (Å²) in [5.41, 5.74) is 0. The highest BCUT2D eigenvalue weighted by atomic mass is 16.6. The van der Waals surface area contributed by atoms with E-state index in [1.54, 1.807) is 0 Å². The lowest BCUT2D eigenvalue weighted by molar-refractivity contribution is -0.167. The molecule has 0 aromatic heterocycles. The average Bonchev–Trinajstić information content (AvgIpc) is 3.46. The molecule has 0 N–H and O–H groups in total. The molecule has 0 saturated heterocycles. The molecule has 0 heterocycles. The van der Waals surface area contributed by atoms with Crippen LogP contribution in [0.3, 0.4) is 0 Å². The second-order valence-corrected chi connectivity index (χ2v) is 20.9.